The lowest BCUT2D eigenvalue weighted by atomic mass is 10.1. The molecule has 0 aromatic heterocycles. The maximum Gasteiger partial charge on any atom is 0.413 e. The SMILES string of the molecule is CC(CCC(=O)Nc1ccccc1)NC(=O)Oc1ccc(N(CCCl)CCCl)cc1.O=C(CCC(NC(=O)Oc1ccc(N(CCCl)CCCl)cc1)C(=O)O)Nc1ccccc1. The first-order valence-electron chi connectivity index (χ1n) is 19.8. The number of alkyl halides is 4. The van der Waals surface area contributed by atoms with Gasteiger partial charge in [-0.1, -0.05) is 36.4 Å². The van der Waals surface area contributed by atoms with E-state index in [0.29, 0.717) is 74.0 Å². The van der Waals surface area contributed by atoms with Crippen molar-refractivity contribution in [1.82, 2.24) is 10.6 Å². The van der Waals surface area contributed by atoms with E-state index < -0.39 is 24.2 Å². The number of halogens is 4. The molecule has 4 aromatic rings. The highest BCUT2D eigenvalue weighted by Gasteiger charge is 2.22. The van der Waals surface area contributed by atoms with Gasteiger partial charge in [0.1, 0.15) is 17.5 Å². The minimum Gasteiger partial charge on any atom is -0.480 e. The number of hydrogen-bond acceptors (Lipinski definition) is 9. The number of amides is 4. The van der Waals surface area contributed by atoms with E-state index in [1.165, 1.54) is 0 Å². The van der Waals surface area contributed by atoms with Gasteiger partial charge in [-0.15, -0.1) is 46.4 Å². The van der Waals surface area contributed by atoms with Crippen molar-refractivity contribution in [3.05, 3.63) is 109 Å². The van der Waals surface area contributed by atoms with Gasteiger partial charge in [-0.05, 0) is 92.6 Å². The molecule has 14 nitrogen and oxygen atoms in total. The van der Waals surface area contributed by atoms with Gasteiger partial charge in [-0.3, -0.25) is 9.59 Å². The summed E-state index contributed by atoms with van der Waals surface area (Å²) in [5.41, 5.74) is 3.19. The molecule has 2 unspecified atom stereocenters. The molecule has 0 aliphatic carbocycles. The predicted octanol–water partition coefficient (Wildman–Crippen LogP) is 8.80. The molecular formula is C44H52Cl4N6O8. The maximum atomic E-state index is 12.1. The summed E-state index contributed by atoms with van der Waals surface area (Å²) in [6.45, 7) is 4.44. The molecule has 0 bridgehead atoms. The Morgan fingerprint density at radius 1 is 0.548 bits per heavy atom. The van der Waals surface area contributed by atoms with Crippen LogP contribution in [0.1, 0.15) is 32.6 Å². The van der Waals surface area contributed by atoms with Crippen LogP contribution in [-0.4, -0.2) is 96.9 Å². The molecule has 0 saturated carbocycles. The number of para-hydroxylation sites is 2. The van der Waals surface area contributed by atoms with Crippen molar-refractivity contribution < 1.29 is 38.6 Å². The highest BCUT2D eigenvalue weighted by atomic mass is 35.5. The second-order valence-electron chi connectivity index (χ2n) is 13.5. The molecule has 4 amide bonds. The fourth-order valence-electron chi connectivity index (χ4n) is 5.66. The van der Waals surface area contributed by atoms with E-state index in [-0.39, 0.29) is 36.4 Å². The van der Waals surface area contributed by atoms with E-state index in [1.807, 2.05) is 60.4 Å². The zero-order valence-electron chi connectivity index (χ0n) is 34.2. The van der Waals surface area contributed by atoms with Crippen molar-refractivity contribution in [2.75, 3.05) is 70.1 Å². The van der Waals surface area contributed by atoms with Crippen LogP contribution in [0.3, 0.4) is 0 Å². The van der Waals surface area contributed by atoms with E-state index in [0.717, 1.165) is 17.1 Å². The molecule has 0 saturated heterocycles. The summed E-state index contributed by atoms with van der Waals surface area (Å²) in [6, 6.07) is 30.4. The molecule has 4 rings (SSSR count). The van der Waals surface area contributed by atoms with Crippen LogP contribution < -0.4 is 40.5 Å². The second kappa shape index (κ2) is 29.0. The number of aliphatic carboxylic acids is 1. The number of hydrogen-bond donors (Lipinski definition) is 5. The Hall–Kier alpha value is -5.41. The number of carboxylic acids is 1. The lowest BCUT2D eigenvalue weighted by Gasteiger charge is -2.23. The third kappa shape index (κ3) is 20.0. The molecule has 18 heteroatoms. The number of nitrogens with zero attached hydrogens (tertiary/aromatic N) is 2. The van der Waals surface area contributed by atoms with Crippen molar-refractivity contribution in [1.29, 1.82) is 0 Å². The van der Waals surface area contributed by atoms with Gasteiger partial charge >= 0.3 is 18.2 Å². The Balaban J connectivity index is 0.000000331. The summed E-state index contributed by atoms with van der Waals surface area (Å²) in [5.74, 6) is 0.842. The van der Waals surface area contributed by atoms with E-state index in [9.17, 15) is 29.1 Å². The molecule has 0 radical (unpaired) electrons. The summed E-state index contributed by atoms with van der Waals surface area (Å²) in [7, 11) is 0. The first-order chi connectivity index (χ1) is 29.9. The van der Waals surface area contributed by atoms with E-state index in [1.54, 1.807) is 60.7 Å². The fourth-order valence-corrected chi connectivity index (χ4v) is 6.47. The number of ether oxygens (including phenoxy) is 2. The Kier molecular flexibility index (Phi) is 23.8. The van der Waals surface area contributed by atoms with Crippen molar-refractivity contribution in [3.8, 4) is 11.5 Å². The molecule has 0 fully saturated rings. The number of carboxylic acid groups (broad SMARTS) is 1. The van der Waals surface area contributed by atoms with Gasteiger partial charge in [0, 0.05) is 91.3 Å². The average Bonchev–Trinajstić information content (AvgIpc) is 3.25. The monoisotopic (exact) mass is 932 g/mol. The molecule has 0 aliphatic heterocycles. The van der Waals surface area contributed by atoms with Crippen LogP contribution in [0.2, 0.25) is 0 Å². The van der Waals surface area contributed by atoms with Crippen LogP contribution >= 0.6 is 46.4 Å². The van der Waals surface area contributed by atoms with Gasteiger partial charge in [0.15, 0.2) is 0 Å². The molecule has 0 aliphatic rings. The number of benzene rings is 4. The predicted molar refractivity (Wildman–Crippen MR) is 248 cm³/mol. The number of carbonyl (C=O) groups excluding carboxylic acids is 4. The molecule has 0 spiro atoms. The van der Waals surface area contributed by atoms with Crippen LogP contribution in [0.4, 0.5) is 32.3 Å². The van der Waals surface area contributed by atoms with Gasteiger partial charge in [0.25, 0.3) is 0 Å². The van der Waals surface area contributed by atoms with Gasteiger partial charge in [0.2, 0.25) is 11.8 Å². The van der Waals surface area contributed by atoms with Crippen LogP contribution in [0.15, 0.2) is 109 Å². The maximum absolute atomic E-state index is 12.1. The number of nitrogens with one attached hydrogen (secondary N) is 4. The third-order valence-electron chi connectivity index (χ3n) is 8.78. The van der Waals surface area contributed by atoms with Crippen LogP contribution in [0.25, 0.3) is 0 Å². The van der Waals surface area contributed by atoms with Gasteiger partial charge in [0.05, 0.1) is 0 Å². The lowest BCUT2D eigenvalue weighted by Crippen LogP contribution is -2.42. The van der Waals surface area contributed by atoms with Crippen LogP contribution in [0.5, 0.6) is 11.5 Å². The first kappa shape index (κ1) is 50.9. The summed E-state index contributed by atoms with van der Waals surface area (Å²) in [5, 5.41) is 19.9. The Bertz CT molecular complexity index is 1940. The molecular weight excluding hydrogens is 882 g/mol. The Labute approximate surface area is 382 Å². The lowest BCUT2D eigenvalue weighted by molar-refractivity contribution is -0.139. The average molecular weight is 935 g/mol. The van der Waals surface area contributed by atoms with E-state index in [2.05, 4.69) is 26.2 Å². The standard InChI is InChI=1S/C22H25Cl2N3O5.C22H27Cl2N3O3/c23-12-14-27(15-13-24)17-6-8-18(9-7-17)32-22(31)26-19(21(29)30)10-11-20(28)25-16-4-2-1-3-5-16;1-17(7-12-21(28)26-18-5-3-2-4-6-18)25-22(29)30-20-10-8-19(9-11-20)27(15-13-23)16-14-24/h1-9,19H,10-15H2,(H,25,28)(H,26,31)(H,29,30);2-6,8-11,17H,7,12-16H2,1H3,(H,25,29)(H,26,28). The summed E-state index contributed by atoms with van der Waals surface area (Å²) in [4.78, 5) is 63.8. The van der Waals surface area contributed by atoms with E-state index in [4.69, 9.17) is 55.9 Å². The number of carbonyl (C=O) groups is 5. The molecule has 334 valence electrons. The van der Waals surface area contributed by atoms with Gasteiger partial charge in [-0.2, -0.15) is 0 Å². The van der Waals surface area contributed by atoms with Crippen molar-refractivity contribution >= 4 is 99.1 Å². The highest BCUT2D eigenvalue weighted by molar-refractivity contribution is 6.19. The highest BCUT2D eigenvalue weighted by Crippen LogP contribution is 2.21. The van der Waals surface area contributed by atoms with Gasteiger partial charge < -0.3 is 45.6 Å². The third-order valence-corrected chi connectivity index (χ3v) is 9.45. The molecule has 0 heterocycles. The zero-order chi connectivity index (χ0) is 45.1. The smallest absolute Gasteiger partial charge is 0.413 e. The Morgan fingerprint density at radius 2 is 0.919 bits per heavy atom. The van der Waals surface area contributed by atoms with Crippen LogP contribution in [0, 0.1) is 0 Å². The molecule has 4 aromatic carbocycles. The molecule has 62 heavy (non-hydrogen) atoms. The Morgan fingerprint density at radius 3 is 1.29 bits per heavy atom. The van der Waals surface area contributed by atoms with Gasteiger partial charge in [-0.25, -0.2) is 14.4 Å². The zero-order valence-corrected chi connectivity index (χ0v) is 37.3. The first-order valence-corrected chi connectivity index (χ1v) is 21.9. The largest absolute Gasteiger partial charge is 0.480 e. The number of rotatable bonds is 23. The van der Waals surface area contributed by atoms with Crippen molar-refractivity contribution in [2.24, 2.45) is 0 Å². The summed E-state index contributed by atoms with van der Waals surface area (Å²) >= 11 is 23.3. The second-order valence-corrected chi connectivity index (χ2v) is 15.0. The van der Waals surface area contributed by atoms with Crippen LogP contribution in [-0.2, 0) is 14.4 Å². The minimum absolute atomic E-state index is 0.0855. The normalized spacial score (nSPS) is 11.4. The topological polar surface area (TPSA) is 179 Å². The minimum atomic E-state index is -1.27. The van der Waals surface area contributed by atoms with E-state index >= 15 is 0 Å². The van der Waals surface area contributed by atoms with Crippen molar-refractivity contribution in [2.45, 2.75) is 44.7 Å². The molecule has 5 N–H and O–H groups in total. The fraction of sp³-hybridized carbons (Fsp3) is 0.341. The summed E-state index contributed by atoms with van der Waals surface area (Å²) in [6.07, 6.45) is -0.865. The molecule has 2 atom stereocenters. The number of anilines is 4. The summed E-state index contributed by atoms with van der Waals surface area (Å²) < 4.78 is 10.5. The quantitative estimate of drug-likeness (QED) is 0.0452. The van der Waals surface area contributed by atoms with Crippen molar-refractivity contribution in [3.63, 3.8) is 0 Å².